The number of Topliss-reactive ketones (excluding diaryl/α,β-unsaturated/α-hetero) is 1. The van der Waals surface area contributed by atoms with Gasteiger partial charge in [-0.15, -0.1) is 0 Å². The van der Waals surface area contributed by atoms with Gasteiger partial charge in [-0.25, -0.2) is 4.79 Å². The van der Waals surface area contributed by atoms with E-state index in [0.29, 0.717) is 26.9 Å². The second-order valence-corrected chi connectivity index (χ2v) is 6.33. The predicted octanol–water partition coefficient (Wildman–Crippen LogP) is 4.50. The molecule has 1 atom stereocenters. The highest BCUT2D eigenvalue weighted by Gasteiger charge is 2.31. The third kappa shape index (κ3) is 3.30. The summed E-state index contributed by atoms with van der Waals surface area (Å²) in [6.07, 6.45) is 0. The fraction of sp³-hybridized carbons (Fsp3) is 0.111. The van der Waals surface area contributed by atoms with Gasteiger partial charge in [0.1, 0.15) is 0 Å². The molecule has 0 unspecified atom stereocenters. The normalized spacial score (nSPS) is 17.3. The summed E-state index contributed by atoms with van der Waals surface area (Å²) in [5, 5.41) is 6.54. The molecule has 4 nitrogen and oxygen atoms in total. The Morgan fingerprint density at radius 2 is 1.75 bits per heavy atom. The van der Waals surface area contributed by atoms with Gasteiger partial charge in [-0.1, -0.05) is 35.3 Å². The van der Waals surface area contributed by atoms with Gasteiger partial charge in [0.25, 0.3) is 0 Å². The van der Waals surface area contributed by atoms with E-state index < -0.39 is 6.04 Å². The zero-order valence-corrected chi connectivity index (χ0v) is 14.3. The summed E-state index contributed by atoms with van der Waals surface area (Å²) >= 11 is 11.9. The van der Waals surface area contributed by atoms with E-state index in [1.807, 2.05) is 6.07 Å². The molecule has 0 saturated heterocycles. The number of allylic oxidation sites excluding steroid dienone is 1. The summed E-state index contributed by atoms with van der Waals surface area (Å²) < 4.78 is 0. The Morgan fingerprint density at radius 3 is 2.42 bits per heavy atom. The van der Waals surface area contributed by atoms with E-state index in [1.54, 1.807) is 49.4 Å². The van der Waals surface area contributed by atoms with E-state index in [9.17, 15) is 9.59 Å². The number of rotatable bonds is 3. The quantitative estimate of drug-likeness (QED) is 0.791. The van der Waals surface area contributed by atoms with E-state index in [1.165, 1.54) is 0 Å². The smallest absolute Gasteiger partial charge is 0.319 e. The average Bonchev–Trinajstić information content (AvgIpc) is 2.54. The number of halogens is 2. The van der Waals surface area contributed by atoms with Crippen molar-refractivity contribution in [3.8, 4) is 0 Å². The molecule has 2 amide bonds. The van der Waals surface area contributed by atoms with Gasteiger partial charge in [-0.3, -0.25) is 4.79 Å². The van der Waals surface area contributed by atoms with Gasteiger partial charge >= 0.3 is 6.03 Å². The highest BCUT2D eigenvalue weighted by atomic mass is 35.5. The van der Waals surface area contributed by atoms with Crippen molar-refractivity contribution in [2.45, 2.75) is 13.0 Å². The summed E-state index contributed by atoms with van der Waals surface area (Å²) in [6, 6.07) is 12.8. The van der Waals surface area contributed by atoms with E-state index in [2.05, 4.69) is 10.6 Å². The Balaban J connectivity index is 2.06. The monoisotopic (exact) mass is 360 g/mol. The summed E-state index contributed by atoms with van der Waals surface area (Å²) in [5.74, 6) is -0.179. The topological polar surface area (TPSA) is 58.2 Å². The van der Waals surface area contributed by atoms with Crippen LogP contribution in [0.4, 0.5) is 4.79 Å². The summed E-state index contributed by atoms with van der Waals surface area (Å²) in [7, 11) is 0. The predicted molar refractivity (Wildman–Crippen MR) is 94.3 cm³/mol. The molecule has 0 fully saturated rings. The lowest BCUT2D eigenvalue weighted by Crippen LogP contribution is -2.45. The highest BCUT2D eigenvalue weighted by Crippen LogP contribution is 2.30. The number of amides is 2. The van der Waals surface area contributed by atoms with E-state index in [4.69, 9.17) is 23.2 Å². The van der Waals surface area contributed by atoms with Gasteiger partial charge < -0.3 is 10.6 Å². The molecular weight excluding hydrogens is 347 g/mol. The molecule has 0 aromatic heterocycles. The molecule has 122 valence electrons. The molecule has 3 rings (SSSR count). The van der Waals surface area contributed by atoms with Gasteiger partial charge in [0, 0.05) is 26.9 Å². The van der Waals surface area contributed by atoms with Crippen LogP contribution in [-0.4, -0.2) is 11.8 Å². The minimum absolute atomic E-state index is 0.179. The van der Waals surface area contributed by atoms with Gasteiger partial charge in [0.15, 0.2) is 5.78 Å². The molecule has 0 radical (unpaired) electrons. The van der Waals surface area contributed by atoms with Gasteiger partial charge in [-0.2, -0.15) is 0 Å². The number of urea groups is 1. The third-order valence-electron chi connectivity index (χ3n) is 3.80. The molecule has 24 heavy (non-hydrogen) atoms. The number of carbonyl (C=O) groups excluding carboxylic acids is 2. The van der Waals surface area contributed by atoms with Crippen molar-refractivity contribution >= 4 is 35.0 Å². The van der Waals surface area contributed by atoms with Crippen LogP contribution >= 0.6 is 23.2 Å². The SMILES string of the molecule is CC1=C(C(=O)c2ccc(Cl)cc2)[C@@H](c2cccc(Cl)c2)NC(=O)N1. The number of nitrogens with one attached hydrogen (secondary N) is 2. The highest BCUT2D eigenvalue weighted by molar-refractivity contribution is 6.31. The fourth-order valence-corrected chi connectivity index (χ4v) is 3.01. The second-order valence-electron chi connectivity index (χ2n) is 5.46. The summed E-state index contributed by atoms with van der Waals surface area (Å²) in [5.41, 5.74) is 2.23. The van der Waals surface area contributed by atoms with Crippen LogP contribution in [0.25, 0.3) is 0 Å². The first kappa shape index (κ1) is 16.6. The third-order valence-corrected chi connectivity index (χ3v) is 4.29. The Labute approximate surface area is 149 Å². The van der Waals surface area contributed by atoms with Crippen LogP contribution < -0.4 is 10.6 Å². The van der Waals surface area contributed by atoms with Crippen LogP contribution in [-0.2, 0) is 0 Å². The maximum Gasteiger partial charge on any atom is 0.319 e. The van der Waals surface area contributed by atoms with E-state index in [-0.39, 0.29) is 11.8 Å². The van der Waals surface area contributed by atoms with E-state index >= 15 is 0 Å². The average molecular weight is 361 g/mol. The first-order valence-electron chi connectivity index (χ1n) is 7.29. The van der Waals surface area contributed by atoms with Crippen molar-refractivity contribution in [2.75, 3.05) is 0 Å². The zero-order chi connectivity index (χ0) is 17.3. The summed E-state index contributed by atoms with van der Waals surface area (Å²) in [6.45, 7) is 1.71. The van der Waals surface area contributed by atoms with Gasteiger partial charge in [0.2, 0.25) is 0 Å². The van der Waals surface area contributed by atoms with Crippen molar-refractivity contribution in [3.05, 3.63) is 81.0 Å². The molecule has 2 N–H and O–H groups in total. The van der Waals surface area contributed by atoms with Gasteiger partial charge in [-0.05, 0) is 48.9 Å². The van der Waals surface area contributed by atoms with Crippen molar-refractivity contribution in [3.63, 3.8) is 0 Å². The van der Waals surface area contributed by atoms with Gasteiger partial charge in [0.05, 0.1) is 6.04 Å². The zero-order valence-electron chi connectivity index (χ0n) is 12.8. The maximum absolute atomic E-state index is 13.0. The Bertz CT molecular complexity index is 844. The van der Waals surface area contributed by atoms with Crippen molar-refractivity contribution in [1.29, 1.82) is 0 Å². The molecule has 2 aromatic carbocycles. The van der Waals surface area contributed by atoms with Crippen molar-refractivity contribution in [2.24, 2.45) is 0 Å². The van der Waals surface area contributed by atoms with Crippen LogP contribution in [0.1, 0.15) is 28.9 Å². The largest absolute Gasteiger partial charge is 0.327 e. The molecular formula is C18H14Cl2N2O2. The molecule has 0 aliphatic carbocycles. The first-order chi connectivity index (χ1) is 11.5. The number of hydrogen-bond donors (Lipinski definition) is 2. The minimum Gasteiger partial charge on any atom is -0.327 e. The van der Waals surface area contributed by atoms with Crippen LogP contribution in [0.5, 0.6) is 0 Å². The van der Waals surface area contributed by atoms with Crippen molar-refractivity contribution in [1.82, 2.24) is 10.6 Å². The van der Waals surface area contributed by atoms with Crippen LogP contribution in [0.2, 0.25) is 10.0 Å². The molecule has 6 heteroatoms. The molecule has 0 bridgehead atoms. The second kappa shape index (κ2) is 6.67. The number of ketones is 1. The lowest BCUT2D eigenvalue weighted by Gasteiger charge is -2.28. The number of carbonyl (C=O) groups is 2. The lowest BCUT2D eigenvalue weighted by atomic mass is 9.89. The molecule has 0 saturated carbocycles. The molecule has 1 heterocycles. The maximum atomic E-state index is 13.0. The first-order valence-corrected chi connectivity index (χ1v) is 8.05. The number of hydrogen-bond acceptors (Lipinski definition) is 2. The van der Waals surface area contributed by atoms with Crippen molar-refractivity contribution < 1.29 is 9.59 Å². The Hall–Kier alpha value is -2.30. The Morgan fingerprint density at radius 1 is 1.04 bits per heavy atom. The van der Waals surface area contributed by atoms with Crippen LogP contribution in [0, 0.1) is 0 Å². The van der Waals surface area contributed by atoms with Crippen LogP contribution in [0.3, 0.4) is 0 Å². The number of benzene rings is 2. The molecule has 1 aliphatic rings. The van der Waals surface area contributed by atoms with E-state index in [0.717, 1.165) is 5.56 Å². The summed E-state index contributed by atoms with van der Waals surface area (Å²) in [4.78, 5) is 24.8. The standard InChI is InChI=1S/C18H14Cl2N2O2/c1-10-15(17(23)11-5-7-13(19)8-6-11)16(22-18(24)21-10)12-3-2-4-14(20)9-12/h2-9,16H,1H3,(H2,21,22,24)/t16-/m1/s1. The molecule has 1 aliphatic heterocycles. The molecule has 0 spiro atoms. The molecule has 2 aromatic rings. The van der Waals surface area contributed by atoms with Crippen LogP contribution in [0.15, 0.2) is 59.8 Å². The lowest BCUT2D eigenvalue weighted by molar-refractivity contribution is 0.102. The minimum atomic E-state index is -0.569. The Kier molecular flexibility index (Phi) is 4.60. The fourth-order valence-electron chi connectivity index (χ4n) is 2.69.